The molecule has 0 radical (unpaired) electrons. The van der Waals surface area contributed by atoms with Gasteiger partial charge in [-0.25, -0.2) is 0 Å². The molecule has 0 heterocycles. The largest absolute Gasteiger partial charge is 0.462 e. The summed E-state index contributed by atoms with van der Waals surface area (Å²) in [6.45, 7) is 6.59. The fraction of sp³-hybridized carbons (Fsp3) is 0.807. The van der Waals surface area contributed by atoms with Crippen molar-refractivity contribution in [1.29, 1.82) is 0 Å². The van der Waals surface area contributed by atoms with E-state index < -0.39 is 6.10 Å². The van der Waals surface area contributed by atoms with Gasteiger partial charge in [-0.1, -0.05) is 204 Å². The van der Waals surface area contributed by atoms with E-state index in [9.17, 15) is 14.4 Å². The zero-order valence-corrected chi connectivity index (χ0v) is 41.8. The number of carbonyl (C=O) groups excluding carboxylic acids is 3. The molecule has 0 aromatic carbocycles. The minimum Gasteiger partial charge on any atom is -0.462 e. The van der Waals surface area contributed by atoms with Crippen molar-refractivity contribution < 1.29 is 28.6 Å². The lowest BCUT2D eigenvalue weighted by atomic mass is 10.1. The lowest BCUT2D eigenvalue weighted by Gasteiger charge is -2.18. The van der Waals surface area contributed by atoms with Gasteiger partial charge in [-0.2, -0.15) is 0 Å². The molecule has 0 aromatic heterocycles. The maximum Gasteiger partial charge on any atom is 0.306 e. The predicted molar refractivity (Wildman–Crippen MR) is 270 cm³/mol. The summed E-state index contributed by atoms with van der Waals surface area (Å²) in [6, 6.07) is 0. The number of rotatable bonds is 49. The molecule has 0 saturated heterocycles. The highest BCUT2D eigenvalue weighted by Gasteiger charge is 2.19. The van der Waals surface area contributed by atoms with Crippen LogP contribution in [0, 0.1) is 0 Å². The van der Waals surface area contributed by atoms with Crippen LogP contribution in [0.1, 0.15) is 278 Å². The van der Waals surface area contributed by atoms with Crippen LogP contribution in [0.15, 0.2) is 48.6 Å². The predicted octanol–water partition coefficient (Wildman–Crippen LogP) is 17.9. The second-order valence-electron chi connectivity index (χ2n) is 18.1. The Bertz CT molecular complexity index is 1110. The molecule has 0 rings (SSSR count). The first-order chi connectivity index (χ1) is 31.0. The molecule has 0 aliphatic heterocycles. The van der Waals surface area contributed by atoms with Gasteiger partial charge in [-0.15, -0.1) is 0 Å². The highest BCUT2D eigenvalue weighted by Crippen LogP contribution is 2.14. The van der Waals surface area contributed by atoms with Gasteiger partial charge < -0.3 is 14.2 Å². The molecule has 63 heavy (non-hydrogen) atoms. The first-order valence-electron chi connectivity index (χ1n) is 27.1. The van der Waals surface area contributed by atoms with E-state index in [1.807, 2.05) is 0 Å². The summed E-state index contributed by atoms with van der Waals surface area (Å²) >= 11 is 0. The topological polar surface area (TPSA) is 78.9 Å². The van der Waals surface area contributed by atoms with E-state index in [1.54, 1.807) is 0 Å². The van der Waals surface area contributed by atoms with Crippen molar-refractivity contribution in [3.63, 3.8) is 0 Å². The van der Waals surface area contributed by atoms with Crippen molar-refractivity contribution in [3.05, 3.63) is 48.6 Å². The quantitative estimate of drug-likeness (QED) is 0.0262. The van der Waals surface area contributed by atoms with E-state index in [0.29, 0.717) is 19.3 Å². The molecule has 0 bridgehead atoms. The third-order valence-corrected chi connectivity index (χ3v) is 11.8. The smallest absolute Gasteiger partial charge is 0.306 e. The molecule has 0 N–H and O–H groups in total. The van der Waals surface area contributed by atoms with Crippen molar-refractivity contribution in [2.45, 2.75) is 284 Å². The number of allylic oxidation sites excluding steroid dienone is 8. The standard InChI is InChI=1S/C57H102O6/c1-4-7-10-13-16-19-22-25-28-31-34-37-40-43-46-49-55(58)61-52-54(63-57(60)51-48-45-42-39-36-33-30-27-24-21-18-15-12-9-6-3)53-62-56(59)50-47-44-41-38-35-32-29-26-23-20-17-14-11-8-5-2/h16,19,25-30,54H,4-15,17-18,20-24,31-53H2,1-3H3/b19-16+,28-25+,29-26+,30-27+/t54-/m1/s1. The van der Waals surface area contributed by atoms with Crippen LogP contribution in [0.4, 0.5) is 0 Å². The van der Waals surface area contributed by atoms with Crippen LogP contribution in [0.25, 0.3) is 0 Å². The van der Waals surface area contributed by atoms with Crippen molar-refractivity contribution in [1.82, 2.24) is 0 Å². The van der Waals surface area contributed by atoms with Crippen LogP contribution in [0.5, 0.6) is 0 Å². The maximum atomic E-state index is 12.8. The molecule has 0 unspecified atom stereocenters. The van der Waals surface area contributed by atoms with Gasteiger partial charge in [0.1, 0.15) is 13.2 Å². The van der Waals surface area contributed by atoms with Gasteiger partial charge in [0.25, 0.3) is 0 Å². The minimum absolute atomic E-state index is 0.0843. The first kappa shape index (κ1) is 60.4. The summed E-state index contributed by atoms with van der Waals surface area (Å²) < 4.78 is 16.8. The van der Waals surface area contributed by atoms with Gasteiger partial charge in [-0.05, 0) is 103 Å². The van der Waals surface area contributed by atoms with E-state index in [1.165, 1.54) is 141 Å². The summed E-state index contributed by atoms with van der Waals surface area (Å²) in [5.74, 6) is -0.906. The van der Waals surface area contributed by atoms with Crippen molar-refractivity contribution >= 4 is 17.9 Å². The fourth-order valence-corrected chi connectivity index (χ4v) is 7.64. The lowest BCUT2D eigenvalue weighted by Crippen LogP contribution is -2.30. The molecule has 0 amide bonds. The second kappa shape index (κ2) is 52.0. The van der Waals surface area contributed by atoms with Gasteiger partial charge in [0.05, 0.1) is 0 Å². The Balaban J connectivity index is 4.41. The number of esters is 3. The Hall–Kier alpha value is -2.63. The Labute approximate surface area is 390 Å². The molecule has 1 atom stereocenters. The summed E-state index contributed by atoms with van der Waals surface area (Å²) in [5.41, 5.74) is 0. The van der Waals surface area contributed by atoms with Crippen LogP contribution in [0.2, 0.25) is 0 Å². The zero-order valence-electron chi connectivity index (χ0n) is 41.8. The van der Waals surface area contributed by atoms with E-state index in [0.717, 1.165) is 96.3 Å². The van der Waals surface area contributed by atoms with Gasteiger partial charge in [0.15, 0.2) is 6.10 Å². The van der Waals surface area contributed by atoms with Crippen molar-refractivity contribution in [3.8, 4) is 0 Å². The Kier molecular flexibility index (Phi) is 49.8. The molecule has 0 aliphatic carbocycles. The number of hydrogen-bond acceptors (Lipinski definition) is 6. The highest BCUT2D eigenvalue weighted by molar-refractivity contribution is 5.71. The SMILES string of the molecule is CCCCC/C=C/C/C=C/CCCCCCCC(=O)OC[C@H](COC(=O)CCCCCCC/C=C/CCCCCCCC)OC(=O)CCCCCCC/C=C/CCCCCCCC. The average molecular weight is 883 g/mol. The Morgan fingerprint density at radius 1 is 0.317 bits per heavy atom. The molecule has 0 fully saturated rings. The van der Waals surface area contributed by atoms with Crippen LogP contribution in [0.3, 0.4) is 0 Å². The second-order valence-corrected chi connectivity index (χ2v) is 18.1. The zero-order chi connectivity index (χ0) is 45.8. The van der Waals surface area contributed by atoms with Crippen LogP contribution < -0.4 is 0 Å². The fourth-order valence-electron chi connectivity index (χ4n) is 7.64. The average Bonchev–Trinajstić information content (AvgIpc) is 3.28. The van der Waals surface area contributed by atoms with E-state index in [2.05, 4.69) is 69.4 Å². The highest BCUT2D eigenvalue weighted by atomic mass is 16.6. The molecular weight excluding hydrogens is 781 g/mol. The Morgan fingerprint density at radius 3 is 0.921 bits per heavy atom. The van der Waals surface area contributed by atoms with E-state index >= 15 is 0 Å². The van der Waals surface area contributed by atoms with Crippen LogP contribution in [-0.4, -0.2) is 37.2 Å². The molecule has 0 spiro atoms. The monoisotopic (exact) mass is 883 g/mol. The van der Waals surface area contributed by atoms with Crippen LogP contribution in [-0.2, 0) is 28.6 Å². The summed E-state index contributed by atoms with van der Waals surface area (Å²) in [5, 5.41) is 0. The van der Waals surface area contributed by atoms with Crippen molar-refractivity contribution in [2.24, 2.45) is 0 Å². The Morgan fingerprint density at radius 2 is 0.571 bits per heavy atom. The van der Waals surface area contributed by atoms with Gasteiger partial charge >= 0.3 is 17.9 Å². The number of hydrogen-bond donors (Lipinski definition) is 0. The molecule has 0 aromatic rings. The number of carbonyl (C=O) groups is 3. The third kappa shape index (κ3) is 50.2. The van der Waals surface area contributed by atoms with Crippen molar-refractivity contribution in [2.75, 3.05) is 13.2 Å². The molecule has 0 aliphatic rings. The van der Waals surface area contributed by atoms with Gasteiger partial charge in [0.2, 0.25) is 0 Å². The first-order valence-corrected chi connectivity index (χ1v) is 27.1. The van der Waals surface area contributed by atoms with Crippen LogP contribution >= 0.6 is 0 Å². The third-order valence-electron chi connectivity index (χ3n) is 11.8. The summed E-state index contributed by atoms with van der Waals surface area (Å²) in [7, 11) is 0. The summed E-state index contributed by atoms with van der Waals surface area (Å²) in [6.07, 6.45) is 62.3. The normalized spacial score (nSPS) is 12.4. The molecule has 0 saturated carbocycles. The molecular formula is C57H102O6. The number of ether oxygens (including phenoxy) is 3. The van der Waals surface area contributed by atoms with E-state index in [-0.39, 0.29) is 31.1 Å². The van der Waals surface area contributed by atoms with Gasteiger partial charge in [0, 0.05) is 19.3 Å². The lowest BCUT2D eigenvalue weighted by molar-refractivity contribution is -0.167. The molecule has 6 heteroatoms. The molecule has 6 nitrogen and oxygen atoms in total. The molecule has 366 valence electrons. The van der Waals surface area contributed by atoms with Gasteiger partial charge in [-0.3, -0.25) is 14.4 Å². The maximum absolute atomic E-state index is 12.8. The number of unbranched alkanes of at least 4 members (excludes halogenated alkanes) is 30. The minimum atomic E-state index is -0.785. The van der Waals surface area contributed by atoms with E-state index in [4.69, 9.17) is 14.2 Å². The summed E-state index contributed by atoms with van der Waals surface area (Å²) in [4.78, 5) is 38.0.